The molecule has 1 aliphatic heterocycles. The summed E-state index contributed by atoms with van der Waals surface area (Å²) in [5.41, 5.74) is 0.634. The number of furan rings is 1. The number of nitrogens with zero attached hydrogens (tertiary/aromatic N) is 3. The quantitative estimate of drug-likeness (QED) is 0.380. The summed E-state index contributed by atoms with van der Waals surface area (Å²) in [5.74, 6) is -1.39. The number of hydrogen-bond acceptors (Lipinski definition) is 7. The number of benzene rings is 2. The number of amides is 2. The van der Waals surface area contributed by atoms with Gasteiger partial charge < -0.3 is 19.0 Å². The summed E-state index contributed by atoms with van der Waals surface area (Å²) in [6.45, 7) is 2.69. The third-order valence-corrected chi connectivity index (χ3v) is 8.49. The zero-order valence-corrected chi connectivity index (χ0v) is 23.0. The molecule has 1 aromatic heterocycles. The third kappa shape index (κ3) is 6.49. The van der Waals surface area contributed by atoms with Gasteiger partial charge in [-0.2, -0.15) is 4.31 Å². The van der Waals surface area contributed by atoms with Gasteiger partial charge in [-0.15, -0.1) is 0 Å². The summed E-state index contributed by atoms with van der Waals surface area (Å²) in [6.07, 6.45) is 0.269. The summed E-state index contributed by atoms with van der Waals surface area (Å²) < 4.78 is 38.0. The van der Waals surface area contributed by atoms with Crippen molar-refractivity contribution in [3.63, 3.8) is 0 Å². The van der Waals surface area contributed by atoms with Crippen LogP contribution in [0.3, 0.4) is 0 Å². The van der Waals surface area contributed by atoms with Crippen molar-refractivity contribution in [3.05, 3.63) is 88.8 Å². The van der Waals surface area contributed by atoms with E-state index in [2.05, 4.69) is 0 Å². The van der Waals surface area contributed by atoms with Crippen molar-refractivity contribution in [2.24, 2.45) is 0 Å². The fraction of sp³-hybridized carbons (Fsp3) is 0.296. The number of halogens is 1. The Morgan fingerprint density at radius 3 is 2.31 bits per heavy atom. The molecule has 4 rings (SSSR count). The Morgan fingerprint density at radius 2 is 1.67 bits per heavy atom. The molecule has 39 heavy (non-hydrogen) atoms. The molecule has 2 amide bonds. The topological polar surface area (TPSA) is 117 Å². The van der Waals surface area contributed by atoms with E-state index in [9.17, 15) is 22.8 Å². The molecule has 0 N–H and O–H groups in total. The summed E-state index contributed by atoms with van der Waals surface area (Å²) in [5, 5.41) is -0.00522. The first kappa shape index (κ1) is 28.3. The van der Waals surface area contributed by atoms with Gasteiger partial charge in [0.1, 0.15) is 0 Å². The molecule has 206 valence electrons. The monoisotopic (exact) mass is 573 g/mol. The molecule has 0 aliphatic carbocycles. The van der Waals surface area contributed by atoms with E-state index >= 15 is 0 Å². The highest BCUT2D eigenvalue weighted by Gasteiger charge is 2.31. The molecule has 1 fully saturated rings. The summed E-state index contributed by atoms with van der Waals surface area (Å²) >= 11 is 6.20. The van der Waals surface area contributed by atoms with Crippen LogP contribution in [-0.2, 0) is 26.1 Å². The number of piperazine rings is 1. The number of esters is 1. The molecular weight excluding hydrogens is 546 g/mol. The molecule has 0 spiro atoms. The number of sulfonamides is 1. The second-order valence-corrected chi connectivity index (χ2v) is 11.5. The van der Waals surface area contributed by atoms with Crippen molar-refractivity contribution in [1.29, 1.82) is 0 Å². The number of rotatable bonds is 8. The SMILES string of the molecule is C[C@H](OC(=O)c1cc(S(=O)(=O)N(C)Cc2ccccc2)ccc1Cl)C(=O)N1CCN(C(=O)c2ccco2)CC1. The molecular formula is C27H28ClN3O7S. The van der Waals surface area contributed by atoms with Crippen molar-refractivity contribution in [2.75, 3.05) is 33.2 Å². The molecule has 0 bridgehead atoms. The Morgan fingerprint density at radius 1 is 1.00 bits per heavy atom. The Balaban J connectivity index is 1.38. The van der Waals surface area contributed by atoms with Gasteiger partial charge in [-0.1, -0.05) is 41.9 Å². The van der Waals surface area contributed by atoms with E-state index in [1.165, 1.54) is 41.6 Å². The first-order valence-corrected chi connectivity index (χ1v) is 14.0. The van der Waals surface area contributed by atoms with E-state index in [0.29, 0.717) is 13.1 Å². The Bertz CT molecular complexity index is 1440. The largest absolute Gasteiger partial charge is 0.459 e. The summed E-state index contributed by atoms with van der Waals surface area (Å²) in [4.78, 5) is 41.3. The van der Waals surface area contributed by atoms with Crippen LogP contribution >= 0.6 is 11.6 Å². The maximum absolute atomic E-state index is 13.1. The van der Waals surface area contributed by atoms with Gasteiger partial charge in [-0.3, -0.25) is 9.59 Å². The highest BCUT2D eigenvalue weighted by molar-refractivity contribution is 7.89. The van der Waals surface area contributed by atoms with E-state index in [0.717, 1.165) is 11.6 Å². The van der Waals surface area contributed by atoms with Gasteiger partial charge in [0.2, 0.25) is 10.0 Å². The lowest BCUT2D eigenvalue weighted by Gasteiger charge is -2.35. The van der Waals surface area contributed by atoms with Gasteiger partial charge in [0, 0.05) is 39.8 Å². The average Bonchev–Trinajstić information content (AvgIpc) is 3.48. The molecule has 2 aromatic carbocycles. The van der Waals surface area contributed by atoms with E-state index < -0.39 is 28.0 Å². The van der Waals surface area contributed by atoms with Crippen LogP contribution in [0.1, 0.15) is 33.4 Å². The minimum absolute atomic E-state index is 0.00522. The van der Waals surface area contributed by atoms with Crippen LogP contribution in [0.4, 0.5) is 0 Å². The van der Waals surface area contributed by atoms with Crippen molar-refractivity contribution in [2.45, 2.75) is 24.5 Å². The molecule has 0 saturated carbocycles. The summed E-state index contributed by atoms with van der Waals surface area (Å²) in [7, 11) is -2.51. The van der Waals surface area contributed by atoms with E-state index in [-0.39, 0.29) is 46.8 Å². The Hall–Kier alpha value is -3.67. The molecule has 1 atom stereocenters. The van der Waals surface area contributed by atoms with Gasteiger partial charge in [0.25, 0.3) is 11.8 Å². The minimum atomic E-state index is -3.95. The second kappa shape index (κ2) is 12.0. The average molecular weight is 574 g/mol. The van der Waals surface area contributed by atoms with Gasteiger partial charge >= 0.3 is 5.97 Å². The lowest BCUT2D eigenvalue weighted by molar-refractivity contribution is -0.141. The molecule has 12 heteroatoms. The van der Waals surface area contributed by atoms with Crippen molar-refractivity contribution >= 4 is 39.4 Å². The van der Waals surface area contributed by atoms with Crippen LogP contribution in [0.15, 0.2) is 76.2 Å². The van der Waals surface area contributed by atoms with E-state index in [1.54, 1.807) is 17.0 Å². The van der Waals surface area contributed by atoms with Crippen LogP contribution in [0, 0.1) is 0 Å². The maximum Gasteiger partial charge on any atom is 0.340 e. The van der Waals surface area contributed by atoms with Crippen molar-refractivity contribution in [3.8, 4) is 0 Å². The molecule has 10 nitrogen and oxygen atoms in total. The highest BCUT2D eigenvalue weighted by Crippen LogP contribution is 2.25. The number of ether oxygens (including phenoxy) is 1. The van der Waals surface area contributed by atoms with Crippen molar-refractivity contribution in [1.82, 2.24) is 14.1 Å². The minimum Gasteiger partial charge on any atom is -0.459 e. The maximum atomic E-state index is 13.1. The number of hydrogen-bond donors (Lipinski definition) is 0. The third-order valence-electron chi connectivity index (χ3n) is 6.36. The van der Waals surface area contributed by atoms with Crippen LogP contribution < -0.4 is 0 Å². The standard InChI is InChI=1S/C27H28ClN3O7S/c1-19(25(32)30-12-14-31(15-13-30)26(33)24-9-6-16-37-24)38-27(34)22-17-21(10-11-23(22)28)39(35,36)29(2)18-20-7-4-3-5-8-20/h3-11,16-17,19H,12-15,18H2,1-2H3/t19-/m0/s1. The smallest absolute Gasteiger partial charge is 0.340 e. The predicted octanol–water partition coefficient (Wildman–Crippen LogP) is 3.28. The zero-order chi connectivity index (χ0) is 28.2. The molecule has 1 aliphatic rings. The van der Waals surface area contributed by atoms with E-state index in [1.807, 2.05) is 30.3 Å². The lowest BCUT2D eigenvalue weighted by Crippen LogP contribution is -2.53. The fourth-order valence-electron chi connectivity index (χ4n) is 4.14. The van der Waals surface area contributed by atoms with Gasteiger partial charge in [-0.25, -0.2) is 13.2 Å². The first-order valence-electron chi connectivity index (χ1n) is 12.2. The number of carbonyl (C=O) groups is 3. The summed E-state index contributed by atoms with van der Waals surface area (Å²) in [6, 6.07) is 16.1. The normalized spacial score (nSPS) is 14.8. The van der Waals surface area contributed by atoms with Crippen LogP contribution in [0.2, 0.25) is 5.02 Å². The second-order valence-electron chi connectivity index (χ2n) is 9.03. The zero-order valence-electron chi connectivity index (χ0n) is 21.4. The predicted molar refractivity (Wildman–Crippen MR) is 143 cm³/mol. The van der Waals surface area contributed by atoms with E-state index in [4.69, 9.17) is 20.8 Å². The Kier molecular flexibility index (Phi) is 8.73. The fourth-order valence-corrected chi connectivity index (χ4v) is 5.52. The lowest BCUT2D eigenvalue weighted by atomic mass is 10.2. The molecule has 2 heterocycles. The molecule has 0 radical (unpaired) electrons. The van der Waals surface area contributed by atoms with Gasteiger partial charge in [0.15, 0.2) is 11.9 Å². The van der Waals surface area contributed by atoms with Crippen LogP contribution in [-0.4, -0.2) is 79.6 Å². The van der Waals surface area contributed by atoms with Gasteiger partial charge in [0.05, 0.1) is 21.7 Å². The van der Waals surface area contributed by atoms with Crippen LogP contribution in [0.5, 0.6) is 0 Å². The van der Waals surface area contributed by atoms with Crippen molar-refractivity contribution < 1.29 is 32.0 Å². The molecule has 1 saturated heterocycles. The highest BCUT2D eigenvalue weighted by atomic mass is 35.5. The first-order chi connectivity index (χ1) is 18.6. The number of carbonyl (C=O) groups excluding carboxylic acids is 3. The molecule has 3 aromatic rings. The Labute approximate surface area is 231 Å². The van der Waals surface area contributed by atoms with Gasteiger partial charge in [-0.05, 0) is 42.8 Å². The van der Waals surface area contributed by atoms with Crippen LogP contribution in [0.25, 0.3) is 0 Å². The molecule has 0 unspecified atom stereocenters.